The van der Waals surface area contributed by atoms with E-state index in [0.717, 1.165) is 38.0 Å². The number of nitrogens with zero attached hydrogens (tertiary/aromatic N) is 5. The van der Waals surface area contributed by atoms with Gasteiger partial charge in [0.25, 0.3) is 5.91 Å². The molecule has 1 aliphatic rings. The maximum Gasteiger partial charge on any atom is 0.289 e. The van der Waals surface area contributed by atoms with Crippen molar-refractivity contribution in [1.29, 1.82) is 0 Å². The fourth-order valence-corrected chi connectivity index (χ4v) is 4.89. The molecule has 0 bridgehead atoms. The average molecular weight is 563 g/mol. The molecule has 1 aromatic carbocycles. The molecule has 41 heavy (non-hydrogen) atoms. The fraction of sp³-hybridized carbons (Fsp3) is 0.433. The highest BCUT2D eigenvalue weighted by Crippen LogP contribution is 2.40. The first-order valence-electron chi connectivity index (χ1n) is 13.9. The Morgan fingerprint density at radius 1 is 1.02 bits per heavy atom. The van der Waals surface area contributed by atoms with E-state index in [1.165, 1.54) is 12.3 Å². The molecular weight excluding hydrogens is 524 g/mol. The average Bonchev–Trinajstić information content (AvgIpc) is 3.51. The molecule has 4 rings (SSSR count). The molecule has 0 saturated heterocycles. The zero-order valence-corrected chi connectivity index (χ0v) is 24.1. The van der Waals surface area contributed by atoms with E-state index in [0.29, 0.717) is 36.8 Å². The molecule has 0 spiro atoms. The predicted octanol–water partition coefficient (Wildman–Crippen LogP) is 3.52. The number of carbonyl (C=O) groups excluding carboxylic acids is 3. The molecule has 0 saturated carbocycles. The maximum atomic E-state index is 13.1. The number of ether oxygens (including phenoxy) is 1. The first-order valence-corrected chi connectivity index (χ1v) is 13.9. The van der Waals surface area contributed by atoms with E-state index < -0.39 is 5.41 Å². The van der Waals surface area contributed by atoms with Crippen molar-refractivity contribution in [2.24, 2.45) is 5.41 Å². The van der Waals surface area contributed by atoms with Gasteiger partial charge in [0, 0.05) is 64.3 Å². The van der Waals surface area contributed by atoms with Gasteiger partial charge in [0.05, 0.1) is 24.2 Å². The number of aromatic nitrogens is 2. The molecule has 3 amide bonds. The molecule has 0 unspecified atom stereocenters. The number of amides is 3. The molecule has 1 aliphatic heterocycles. The third kappa shape index (κ3) is 7.10. The summed E-state index contributed by atoms with van der Waals surface area (Å²) in [4.78, 5) is 47.9. The van der Waals surface area contributed by atoms with E-state index in [2.05, 4.69) is 20.4 Å². The molecule has 0 radical (unpaired) electrons. The topological polar surface area (TPSA) is 121 Å². The van der Waals surface area contributed by atoms with Crippen molar-refractivity contribution in [1.82, 2.24) is 20.4 Å². The van der Waals surface area contributed by atoms with Gasteiger partial charge in [-0.3, -0.25) is 24.3 Å². The number of pyridine rings is 1. The summed E-state index contributed by atoms with van der Waals surface area (Å²) in [6, 6.07) is 11.0. The van der Waals surface area contributed by atoms with Crippen LogP contribution in [0, 0.1) is 5.41 Å². The first-order chi connectivity index (χ1) is 19.7. The molecule has 3 aromatic rings. The summed E-state index contributed by atoms with van der Waals surface area (Å²) in [5.41, 5.74) is 1.36. The summed E-state index contributed by atoms with van der Waals surface area (Å²) in [5.74, 6) is 0.0978. The highest BCUT2D eigenvalue weighted by molar-refractivity contribution is 6.20. The van der Waals surface area contributed by atoms with E-state index in [9.17, 15) is 14.4 Å². The lowest BCUT2D eigenvalue weighted by Gasteiger charge is -2.27. The summed E-state index contributed by atoms with van der Waals surface area (Å²) in [5, 5.41) is 6.42. The summed E-state index contributed by atoms with van der Waals surface area (Å²) >= 11 is 0. The Hall–Kier alpha value is -4.25. The quantitative estimate of drug-likeness (QED) is 0.248. The lowest BCUT2D eigenvalue weighted by Crippen LogP contribution is -2.47. The summed E-state index contributed by atoms with van der Waals surface area (Å²) in [6.07, 6.45) is 6.54. The molecule has 1 N–H and O–H groups in total. The number of hydrogen-bond donors (Lipinski definition) is 1. The van der Waals surface area contributed by atoms with Crippen LogP contribution in [-0.4, -0.2) is 72.6 Å². The highest BCUT2D eigenvalue weighted by Gasteiger charge is 2.45. The van der Waals surface area contributed by atoms with Crippen LogP contribution in [0.1, 0.15) is 49.7 Å². The molecule has 3 heterocycles. The van der Waals surface area contributed by atoms with Gasteiger partial charge in [-0.15, -0.1) is 0 Å². The lowest BCUT2D eigenvalue weighted by molar-refractivity contribution is -0.137. The Balaban J connectivity index is 1.34. The summed E-state index contributed by atoms with van der Waals surface area (Å²) in [6.45, 7) is 9.01. The van der Waals surface area contributed by atoms with Gasteiger partial charge in [-0.25, -0.2) is 0 Å². The van der Waals surface area contributed by atoms with E-state index in [1.54, 1.807) is 43.1 Å². The Morgan fingerprint density at radius 3 is 2.49 bits per heavy atom. The van der Waals surface area contributed by atoms with Crippen LogP contribution in [0.15, 0.2) is 59.5 Å². The van der Waals surface area contributed by atoms with Gasteiger partial charge in [-0.2, -0.15) is 0 Å². The van der Waals surface area contributed by atoms with Crippen molar-refractivity contribution in [2.75, 3.05) is 49.6 Å². The van der Waals surface area contributed by atoms with Crippen molar-refractivity contribution < 1.29 is 23.6 Å². The third-order valence-electron chi connectivity index (χ3n) is 7.18. The Morgan fingerprint density at radius 2 is 1.78 bits per heavy atom. The van der Waals surface area contributed by atoms with Gasteiger partial charge in [-0.05, 0) is 63.4 Å². The van der Waals surface area contributed by atoms with Crippen LogP contribution >= 0.6 is 0 Å². The maximum absolute atomic E-state index is 13.1. The Bertz CT molecular complexity index is 1330. The lowest BCUT2D eigenvalue weighted by atomic mass is 9.90. The Kier molecular flexibility index (Phi) is 9.72. The molecule has 0 fully saturated rings. The number of benzene rings is 1. The molecule has 218 valence electrons. The molecular formula is C30H38N6O5. The largest absolute Gasteiger partial charge is 0.493 e. The molecule has 11 nitrogen and oxygen atoms in total. The van der Waals surface area contributed by atoms with Gasteiger partial charge >= 0.3 is 0 Å². The van der Waals surface area contributed by atoms with Crippen molar-refractivity contribution in [3.05, 3.63) is 66.3 Å². The fourth-order valence-electron chi connectivity index (χ4n) is 4.89. The van der Waals surface area contributed by atoms with Gasteiger partial charge in [0.15, 0.2) is 0 Å². The number of anilines is 2. The first kappa shape index (κ1) is 29.7. The van der Waals surface area contributed by atoms with Crippen LogP contribution in [0.4, 0.5) is 11.4 Å². The monoisotopic (exact) mass is 562 g/mol. The van der Waals surface area contributed by atoms with E-state index >= 15 is 0 Å². The molecule has 0 atom stereocenters. The van der Waals surface area contributed by atoms with Crippen LogP contribution in [0.5, 0.6) is 5.75 Å². The second-order valence-electron chi connectivity index (χ2n) is 10.5. The Labute approximate surface area is 240 Å². The number of carbonyl (C=O) groups is 3. The standard InChI is InChI=1S/C30H38N6O5/c1-5-36-24-9-8-23(20-25(24)34(4)28(38)30(2,3)29(36)39)40-19-7-18-35(21-22-10-14-31-15-11-22)17-6-13-32-27(37)26-12-16-33-41-26/h8-12,14-16,20H,5-7,13,17-19,21H2,1-4H3,(H,32,37). The predicted molar refractivity (Wildman–Crippen MR) is 155 cm³/mol. The van der Waals surface area contributed by atoms with Crippen LogP contribution in [-0.2, 0) is 16.1 Å². The van der Waals surface area contributed by atoms with Gasteiger partial charge < -0.3 is 24.4 Å². The number of hydrogen-bond acceptors (Lipinski definition) is 8. The molecule has 11 heteroatoms. The normalized spacial score (nSPS) is 14.7. The van der Waals surface area contributed by atoms with Crippen molar-refractivity contribution in [2.45, 2.75) is 40.2 Å². The van der Waals surface area contributed by atoms with Crippen LogP contribution < -0.4 is 19.9 Å². The van der Waals surface area contributed by atoms with E-state index in [1.807, 2.05) is 37.3 Å². The van der Waals surface area contributed by atoms with E-state index in [-0.39, 0.29) is 23.5 Å². The van der Waals surface area contributed by atoms with Gasteiger partial charge in [-0.1, -0.05) is 5.16 Å². The van der Waals surface area contributed by atoms with Gasteiger partial charge in [0.1, 0.15) is 11.2 Å². The second kappa shape index (κ2) is 13.4. The number of nitrogens with one attached hydrogen (secondary N) is 1. The summed E-state index contributed by atoms with van der Waals surface area (Å²) < 4.78 is 11.0. The summed E-state index contributed by atoms with van der Waals surface area (Å²) in [7, 11) is 1.70. The highest BCUT2D eigenvalue weighted by atomic mass is 16.5. The minimum atomic E-state index is -1.15. The van der Waals surface area contributed by atoms with Crippen LogP contribution in [0.25, 0.3) is 0 Å². The van der Waals surface area contributed by atoms with Crippen LogP contribution in [0.2, 0.25) is 0 Å². The van der Waals surface area contributed by atoms with Crippen LogP contribution in [0.3, 0.4) is 0 Å². The van der Waals surface area contributed by atoms with Gasteiger partial charge in [0.2, 0.25) is 17.6 Å². The smallest absolute Gasteiger partial charge is 0.289 e. The third-order valence-corrected chi connectivity index (χ3v) is 7.18. The molecule has 0 aliphatic carbocycles. The minimum absolute atomic E-state index is 0.196. The zero-order chi connectivity index (χ0) is 29.4. The van der Waals surface area contributed by atoms with E-state index in [4.69, 9.17) is 9.26 Å². The second-order valence-corrected chi connectivity index (χ2v) is 10.5. The zero-order valence-electron chi connectivity index (χ0n) is 24.1. The SMILES string of the molecule is CCN1C(=O)C(C)(C)C(=O)N(C)c2cc(OCCCN(CCCNC(=O)c3ccno3)Cc3ccncc3)ccc21. The van der Waals surface area contributed by atoms with Crippen molar-refractivity contribution >= 4 is 29.1 Å². The minimum Gasteiger partial charge on any atom is -0.493 e. The number of rotatable bonds is 13. The molecule has 2 aromatic heterocycles. The van der Waals surface area contributed by atoms with Crippen molar-refractivity contribution in [3.63, 3.8) is 0 Å². The van der Waals surface area contributed by atoms with Crippen molar-refractivity contribution in [3.8, 4) is 5.75 Å². The number of fused-ring (bicyclic) bond motifs is 1.